The van der Waals surface area contributed by atoms with E-state index in [-0.39, 0.29) is 0 Å². The molecule has 1 aromatic heterocycles. The van der Waals surface area contributed by atoms with Crippen molar-refractivity contribution in [3.8, 4) is 17.0 Å². The maximum absolute atomic E-state index is 5.47. The summed E-state index contributed by atoms with van der Waals surface area (Å²) in [5.41, 5.74) is 3.16. The van der Waals surface area contributed by atoms with E-state index in [1.807, 2.05) is 6.92 Å². The third-order valence-corrected chi connectivity index (χ3v) is 3.20. The van der Waals surface area contributed by atoms with Crippen LogP contribution in [-0.2, 0) is 0 Å². The van der Waals surface area contributed by atoms with E-state index in [2.05, 4.69) is 53.4 Å². The number of hydrogen-bond acceptors (Lipinski definition) is 4. The van der Waals surface area contributed by atoms with Gasteiger partial charge in [-0.15, -0.1) is 0 Å². The van der Waals surface area contributed by atoms with E-state index in [0.717, 1.165) is 23.6 Å². The molecule has 0 spiro atoms. The minimum Gasteiger partial charge on any atom is -0.491 e. The monoisotopic (exact) mass is 271 g/mol. The zero-order valence-electron chi connectivity index (χ0n) is 12.5. The largest absolute Gasteiger partial charge is 0.491 e. The molecule has 0 unspecified atom stereocenters. The molecule has 0 radical (unpaired) electrons. The molecule has 20 heavy (non-hydrogen) atoms. The lowest BCUT2D eigenvalue weighted by molar-refractivity contribution is 0.414. The Bertz CT molecular complexity index is 564. The molecule has 106 valence electrons. The first-order valence-electron chi connectivity index (χ1n) is 6.90. The van der Waals surface area contributed by atoms with Crippen LogP contribution in [0.3, 0.4) is 0 Å². The van der Waals surface area contributed by atoms with Gasteiger partial charge in [0.25, 0.3) is 0 Å². The first kappa shape index (κ1) is 14.3. The van der Waals surface area contributed by atoms with Crippen molar-refractivity contribution in [3.63, 3.8) is 0 Å². The lowest BCUT2D eigenvalue weighted by Gasteiger charge is -2.13. The van der Waals surface area contributed by atoms with Crippen molar-refractivity contribution in [2.75, 3.05) is 19.0 Å². The maximum Gasteiger partial charge on any atom is 0.187 e. The predicted molar refractivity (Wildman–Crippen MR) is 82.3 cm³/mol. The van der Waals surface area contributed by atoms with Crippen molar-refractivity contribution in [2.24, 2.45) is 0 Å². The van der Waals surface area contributed by atoms with E-state index >= 15 is 0 Å². The van der Waals surface area contributed by atoms with Crippen LogP contribution in [0.15, 0.2) is 30.6 Å². The minimum atomic E-state index is 0.522. The summed E-state index contributed by atoms with van der Waals surface area (Å²) in [5.74, 6) is 1.94. The van der Waals surface area contributed by atoms with Gasteiger partial charge in [0, 0.05) is 12.1 Å². The van der Waals surface area contributed by atoms with Gasteiger partial charge >= 0.3 is 0 Å². The molecule has 1 heterocycles. The Hall–Kier alpha value is -2.10. The topological polar surface area (TPSA) is 47.0 Å². The molecule has 0 bridgehead atoms. The van der Waals surface area contributed by atoms with Crippen molar-refractivity contribution < 1.29 is 4.74 Å². The Balaban J connectivity index is 2.43. The Morgan fingerprint density at radius 3 is 2.40 bits per heavy atom. The molecule has 1 aromatic carbocycles. The van der Waals surface area contributed by atoms with Crippen LogP contribution in [0.1, 0.15) is 32.3 Å². The molecular weight excluding hydrogens is 250 g/mol. The van der Waals surface area contributed by atoms with Crippen LogP contribution in [0.5, 0.6) is 5.75 Å². The SMILES string of the molecule is CCNc1ncnc(-c2ccc(C(C)C)cc2)c1OC. The number of benzene rings is 1. The number of nitrogens with zero attached hydrogens (tertiary/aromatic N) is 2. The highest BCUT2D eigenvalue weighted by atomic mass is 16.5. The Morgan fingerprint density at radius 2 is 1.85 bits per heavy atom. The fourth-order valence-corrected chi connectivity index (χ4v) is 2.09. The number of ether oxygens (including phenoxy) is 1. The van der Waals surface area contributed by atoms with Gasteiger partial charge in [0.2, 0.25) is 0 Å². The summed E-state index contributed by atoms with van der Waals surface area (Å²) in [5, 5.41) is 3.19. The quantitative estimate of drug-likeness (QED) is 0.900. The molecule has 2 rings (SSSR count). The second-order valence-electron chi connectivity index (χ2n) is 4.91. The van der Waals surface area contributed by atoms with Crippen molar-refractivity contribution in [1.82, 2.24) is 9.97 Å². The van der Waals surface area contributed by atoms with Crippen molar-refractivity contribution in [1.29, 1.82) is 0 Å². The van der Waals surface area contributed by atoms with Crippen LogP contribution in [-0.4, -0.2) is 23.6 Å². The zero-order valence-corrected chi connectivity index (χ0v) is 12.5. The average molecular weight is 271 g/mol. The Labute approximate surface area is 120 Å². The first-order valence-corrected chi connectivity index (χ1v) is 6.90. The van der Waals surface area contributed by atoms with Gasteiger partial charge in [0.1, 0.15) is 12.0 Å². The van der Waals surface area contributed by atoms with Crippen LogP contribution in [0, 0.1) is 0 Å². The third kappa shape index (κ3) is 2.90. The summed E-state index contributed by atoms with van der Waals surface area (Å²) >= 11 is 0. The lowest BCUT2D eigenvalue weighted by Crippen LogP contribution is -2.04. The fraction of sp³-hybridized carbons (Fsp3) is 0.375. The summed E-state index contributed by atoms with van der Waals surface area (Å²) in [6.45, 7) is 7.19. The van der Waals surface area contributed by atoms with E-state index in [4.69, 9.17) is 4.74 Å². The van der Waals surface area contributed by atoms with E-state index in [0.29, 0.717) is 11.7 Å². The second kappa shape index (κ2) is 6.37. The molecule has 0 aliphatic carbocycles. The van der Waals surface area contributed by atoms with Gasteiger partial charge in [0.05, 0.1) is 7.11 Å². The highest BCUT2D eigenvalue weighted by Gasteiger charge is 2.13. The number of methoxy groups -OCH3 is 1. The molecule has 0 saturated heterocycles. The average Bonchev–Trinajstić information content (AvgIpc) is 2.47. The molecule has 4 heteroatoms. The number of hydrogen-bond donors (Lipinski definition) is 1. The molecule has 0 aliphatic rings. The molecular formula is C16H21N3O. The third-order valence-electron chi connectivity index (χ3n) is 3.20. The number of rotatable bonds is 5. The molecule has 0 amide bonds. The van der Waals surface area contributed by atoms with Gasteiger partial charge in [-0.3, -0.25) is 0 Å². The van der Waals surface area contributed by atoms with E-state index < -0.39 is 0 Å². The van der Waals surface area contributed by atoms with Gasteiger partial charge in [0.15, 0.2) is 11.6 Å². The molecule has 0 fully saturated rings. The molecule has 0 aliphatic heterocycles. The van der Waals surface area contributed by atoms with Crippen LogP contribution in [0.4, 0.5) is 5.82 Å². The summed E-state index contributed by atoms with van der Waals surface area (Å²) < 4.78 is 5.47. The first-order chi connectivity index (χ1) is 9.67. The smallest absolute Gasteiger partial charge is 0.187 e. The molecule has 0 atom stereocenters. The van der Waals surface area contributed by atoms with Gasteiger partial charge in [-0.05, 0) is 18.4 Å². The van der Waals surface area contributed by atoms with Crippen LogP contribution >= 0.6 is 0 Å². The molecule has 1 N–H and O–H groups in total. The van der Waals surface area contributed by atoms with Crippen molar-refractivity contribution >= 4 is 5.82 Å². The number of nitrogens with one attached hydrogen (secondary N) is 1. The molecule has 0 saturated carbocycles. The second-order valence-corrected chi connectivity index (χ2v) is 4.91. The molecule has 2 aromatic rings. The van der Waals surface area contributed by atoms with E-state index in [1.54, 1.807) is 13.4 Å². The van der Waals surface area contributed by atoms with E-state index in [1.165, 1.54) is 5.56 Å². The van der Waals surface area contributed by atoms with Gasteiger partial charge in [-0.25, -0.2) is 9.97 Å². The molecule has 4 nitrogen and oxygen atoms in total. The number of aromatic nitrogens is 2. The highest BCUT2D eigenvalue weighted by molar-refractivity contribution is 5.72. The van der Waals surface area contributed by atoms with Gasteiger partial charge in [-0.2, -0.15) is 0 Å². The highest BCUT2D eigenvalue weighted by Crippen LogP contribution is 2.33. The Kier molecular flexibility index (Phi) is 4.56. The zero-order chi connectivity index (χ0) is 14.5. The maximum atomic E-state index is 5.47. The van der Waals surface area contributed by atoms with Gasteiger partial charge < -0.3 is 10.1 Å². The number of anilines is 1. The summed E-state index contributed by atoms with van der Waals surface area (Å²) in [4.78, 5) is 8.59. The fourth-order valence-electron chi connectivity index (χ4n) is 2.09. The van der Waals surface area contributed by atoms with Crippen molar-refractivity contribution in [2.45, 2.75) is 26.7 Å². The predicted octanol–water partition coefficient (Wildman–Crippen LogP) is 3.71. The summed E-state index contributed by atoms with van der Waals surface area (Å²) in [7, 11) is 1.64. The van der Waals surface area contributed by atoms with Crippen LogP contribution in [0.2, 0.25) is 0 Å². The van der Waals surface area contributed by atoms with Crippen LogP contribution in [0.25, 0.3) is 11.3 Å². The van der Waals surface area contributed by atoms with Crippen molar-refractivity contribution in [3.05, 3.63) is 36.2 Å². The van der Waals surface area contributed by atoms with E-state index in [9.17, 15) is 0 Å². The minimum absolute atomic E-state index is 0.522. The van der Waals surface area contributed by atoms with Crippen LogP contribution < -0.4 is 10.1 Å². The lowest BCUT2D eigenvalue weighted by atomic mass is 10.0. The van der Waals surface area contributed by atoms with Gasteiger partial charge in [-0.1, -0.05) is 38.1 Å². The standard InChI is InChI=1S/C16H21N3O/c1-5-17-16-15(20-4)14(18-10-19-16)13-8-6-12(7-9-13)11(2)3/h6-11H,5H2,1-4H3,(H,17,18,19). The normalized spacial score (nSPS) is 10.7. The Morgan fingerprint density at radius 1 is 1.15 bits per heavy atom. The summed E-state index contributed by atoms with van der Waals surface area (Å²) in [6.07, 6.45) is 1.56. The summed E-state index contributed by atoms with van der Waals surface area (Å²) in [6, 6.07) is 8.43.